The van der Waals surface area contributed by atoms with Crippen LogP contribution in [0.25, 0.3) is 0 Å². The summed E-state index contributed by atoms with van der Waals surface area (Å²) >= 11 is 12.5. The highest BCUT2D eigenvalue weighted by molar-refractivity contribution is 7.07. The van der Waals surface area contributed by atoms with Gasteiger partial charge in [0, 0.05) is 5.02 Å². The Morgan fingerprint density at radius 3 is 2.30 bits per heavy atom. The lowest BCUT2D eigenvalue weighted by atomic mass is 10.0. The molecule has 0 aliphatic heterocycles. The van der Waals surface area contributed by atoms with Gasteiger partial charge in [-0.1, -0.05) is 61.0 Å². The fourth-order valence-corrected chi connectivity index (χ4v) is 5.57. The van der Waals surface area contributed by atoms with E-state index in [9.17, 15) is 0 Å². The van der Waals surface area contributed by atoms with Gasteiger partial charge in [0.1, 0.15) is 8.11 Å². The van der Waals surface area contributed by atoms with Crippen molar-refractivity contribution in [1.29, 1.82) is 0 Å². The van der Waals surface area contributed by atoms with Gasteiger partial charge < -0.3 is 0 Å². The minimum atomic E-state index is -1.17. The lowest BCUT2D eigenvalue weighted by Gasteiger charge is -2.15. The molecule has 3 heteroatoms. The summed E-state index contributed by atoms with van der Waals surface area (Å²) in [7, 11) is -1.17. The number of aryl methyl sites for hydroxylation is 1. The van der Waals surface area contributed by atoms with Crippen LogP contribution in [0.2, 0.25) is 17.1 Å². The Hall–Kier alpha value is -0.763. The fraction of sp³-hybridized carbons (Fsp3) is 0.294. The molecule has 0 aliphatic rings. The van der Waals surface area contributed by atoms with Crippen LogP contribution in [0.15, 0.2) is 54.6 Å². The van der Waals surface area contributed by atoms with Crippen molar-refractivity contribution in [2.75, 3.05) is 0 Å². The molecule has 0 spiro atoms. The van der Waals surface area contributed by atoms with Crippen LogP contribution in [0.3, 0.4) is 0 Å². The van der Waals surface area contributed by atoms with Crippen LogP contribution < -0.4 is 0 Å². The second kappa shape index (κ2) is 7.87. The second-order valence-electron chi connectivity index (χ2n) is 5.31. The molecule has 20 heavy (non-hydrogen) atoms. The first-order valence-corrected chi connectivity index (χ1v) is 10.8. The Balaban J connectivity index is 1.80. The van der Waals surface area contributed by atoms with Gasteiger partial charge >= 0.3 is 0 Å². The van der Waals surface area contributed by atoms with Gasteiger partial charge in [-0.2, -0.15) is 11.1 Å². The van der Waals surface area contributed by atoms with E-state index in [-0.39, 0.29) is 0 Å². The number of hydrogen-bond donors (Lipinski definition) is 0. The summed E-state index contributed by atoms with van der Waals surface area (Å²) < 4.78 is 0. The second-order valence-corrected chi connectivity index (χ2v) is 9.84. The minimum absolute atomic E-state index is 0.565. The summed E-state index contributed by atoms with van der Waals surface area (Å²) in [6, 6.07) is 21.1. The van der Waals surface area contributed by atoms with Crippen LogP contribution in [0.4, 0.5) is 0 Å². The third kappa shape index (κ3) is 4.97. The molecule has 0 radical (unpaired) electrons. The van der Waals surface area contributed by atoms with Crippen LogP contribution in [-0.2, 0) is 6.42 Å². The maximum absolute atomic E-state index is 6.62. The van der Waals surface area contributed by atoms with Crippen LogP contribution in [0, 0.1) is 0 Å². The Morgan fingerprint density at radius 2 is 1.65 bits per heavy atom. The van der Waals surface area contributed by atoms with Gasteiger partial charge in [-0.15, -0.1) is 0 Å². The summed E-state index contributed by atoms with van der Waals surface area (Å²) in [6.07, 6.45) is 1.07. The standard InChI is InChI=1S/C17H20Cl2Si/c1-14(16-5-3-2-4-6-16)13-20(19)12-11-15-7-9-17(18)10-8-15/h2-10,14,20H,11-13H2,1H3. The van der Waals surface area contributed by atoms with Crippen molar-refractivity contribution in [2.45, 2.75) is 31.4 Å². The highest BCUT2D eigenvalue weighted by Crippen LogP contribution is 2.24. The van der Waals surface area contributed by atoms with Gasteiger partial charge in [-0.25, -0.2) is 0 Å². The Labute approximate surface area is 133 Å². The largest absolute Gasteiger partial charge is 0.172 e. The normalized spacial score (nSPS) is 13.9. The summed E-state index contributed by atoms with van der Waals surface area (Å²) in [4.78, 5) is 0. The molecule has 106 valence electrons. The van der Waals surface area contributed by atoms with E-state index in [1.54, 1.807) is 0 Å². The molecule has 2 aromatic rings. The van der Waals surface area contributed by atoms with E-state index in [0.29, 0.717) is 5.92 Å². The van der Waals surface area contributed by atoms with Crippen molar-refractivity contribution in [2.24, 2.45) is 0 Å². The molecule has 0 aliphatic carbocycles. The summed E-state index contributed by atoms with van der Waals surface area (Å²) in [5.41, 5.74) is 2.73. The molecule has 2 aromatic carbocycles. The van der Waals surface area contributed by atoms with Crippen molar-refractivity contribution < 1.29 is 0 Å². The minimum Gasteiger partial charge on any atom is -0.172 e. The molecule has 2 atom stereocenters. The highest BCUT2D eigenvalue weighted by atomic mass is 35.6. The average molecular weight is 323 g/mol. The predicted molar refractivity (Wildman–Crippen MR) is 92.6 cm³/mol. The van der Waals surface area contributed by atoms with Crippen molar-refractivity contribution in [1.82, 2.24) is 0 Å². The van der Waals surface area contributed by atoms with Gasteiger partial charge in [0.15, 0.2) is 0 Å². The SMILES string of the molecule is CC(C[SiH](Cl)CCc1ccc(Cl)cc1)c1ccccc1. The number of hydrogen-bond acceptors (Lipinski definition) is 0. The average Bonchev–Trinajstić information content (AvgIpc) is 2.47. The van der Waals surface area contributed by atoms with Crippen molar-refractivity contribution >= 4 is 30.8 Å². The monoisotopic (exact) mass is 322 g/mol. The molecule has 0 saturated carbocycles. The Morgan fingerprint density at radius 1 is 1.00 bits per heavy atom. The van der Waals surface area contributed by atoms with E-state index in [4.69, 9.17) is 22.7 Å². The van der Waals surface area contributed by atoms with E-state index in [2.05, 4.69) is 49.4 Å². The smallest absolute Gasteiger partial charge is 0.141 e. The molecule has 2 rings (SSSR count). The first-order chi connectivity index (χ1) is 9.65. The van der Waals surface area contributed by atoms with Gasteiger partial charge in [0.2, 0.25) is 0 Å². The van der Waals surface area contributed by atoms with Crippen LogP contribution in [0.5, 0.6) is 0 Å². The number of rotatable bonds is 6. The molecule has 0 fully saturated rings. The van der Waals surface area contributed by atoms with Crippen LogP contribution >= 0.6 is 22.7 Å². The first-order valence-electron chi connectivity index (χ1n) is 7.08. The molecule has 2 unspecified atom stereocenters. The molecule has 0 saturated heterocycles. The fourth-order valence-electron chi connectivity index (χ4n) is 2.39. The van der Waals surface area contributed by atoms with Gasteiger partial charge in [0.05, 0.1) is 0 Å². The zero-order valence-electron chi connectivity index (χ0n) is 11.7. The Kier molecular flexibility index (Phi) is 6.15. The lowest BCUT2D eigenvalue weighted by Crippen LogP contribution is -2.09. The number of halogens is 2. The molecule has 0 heterocycles. The predicted octanol–water partition coefficient (Wildman–Crippen LogP) is 5.65. The summed E-state index contributed by atoms with van der Waals surface area (Å²) in [5, 5.41) is 0.797. The molecule has 0 N–H and O–H groups in total. The van der Waals surface area contributed by atoms with Crippen molar-refractivity contribution in [3.05, 3.63) is 70.7 Å². The topological polar surface area (TPSA) is 0 Å². The molecular formula is C17H20Cl2Si. The van der Waals surface area contributed by atoms with E-state index in [1.807, 2.05) is 12.1 Å². The van der Waals surface area contributed by atoms with E-state index >= 15 is 0 Å². The van der Waals surface area contributed by atoms with Gasteiger partial charge in [-0.3, -0.25) is 0 Å². The van der Waals surface area contributed by atoms with Crippen LogP contribution in [0.1, 0.15) is 24.0 Å². The van der Waals surface area contributed by atoms with Gasteiger partial charge in [0.25, 0.3) is 0 Å². The lowest BCUT2D eigenvalue weighted by molar-refractivity contribution is 0.851. The van der Waals surface area contributed by atoms with Crippen LogP contribution in [-0.4, -0.2) is 8.11 Å². The van der Waals surface area contributed by atoms with Crippen molar-refractivity contribution in [3.8, 4) is 0 Å². The highest BCUT2D eigenvalue weighted by Gasteiger charge is 2.14. The number of benzene rings is 2. The van der Waals surface area contributed by atoms with Gasteiger partial charge in [-0.05, 0) is 47.7 Å². The molecule has 0 bridgehead atoms. The summed E-state index contributed by atoms with van der Waals surface area (Å²) in [6.45, 7) is 2.28. The third-order valence-electron chi connectivity index (χ3n) is 3.64. The van der Waals surface area contributed by atoms with E-state index in [1.165, 1.54) is 11.1 Å². The molecule has 0 aromatic heterocycles. The molecular weight excluding hydrogens is 303 g/mol. The summed E-state index contributed by atoms with van der Waals surface area (Å²) in [5.74, 6) is 0.565. The first kappa shape index (κ1) is 15.6. The van der Waals surface area contributed by atoms with Crippen molar-refractivity contribution in [3.63, 3.8) is 0 Å². The molecule has 0 nitrogen and oxygen atoms in total. The third-order valence-corrected chi connectivity index (χ3v) is 7.21. The Bertz CT molecular complexity index is 510. The maximum Gasteiger partial charge on any atom is 0.141 e. The zero-order chi connectivity index (χ0) is 14.4. The maximum atomic E-state index is 6.62. The zero-order valence-corrected chi connectivity index (χ0v) is 14.4. The van der Waals surface area contributed by atoms with E-state index < -0.39 is 8.11 Å². The van der Waals surface area contributed by atoms with E-state index in [0.717, 1.165) is 23.5 Å². The quantitative estimate of drug-likeness (QED) is 0.476. The molecule has 0 amide bonds.